The molecule has 1 N–H and O–H groups in total. The molecule has 41 heavy (non-hydrogen) atoms. The standard InChI is InChI=1S/C39H76O2/c1-3-4-5-6-7-8-9-10-11-12-13-14-15-16-17-18-19-20-21-22-23-24-25-26-27-28-29-30-31-32-33-34-35-36-37-38(2)39(40)41/h2-37H2,1H3,(H,40,41). The van der Waals surface area contributed by atoms with Crippen LogP contribution >= 0.6 is 0 Å². The first-order chi connectivity index (χ1) is 20.2. The normalized spacial score (nSPS) is 11.3. The second kappa shape index (κ2) is 35.4. The SMILES string of the molecule is C=C(CCCCCCCCCCCCCCCCCCCCCCCCCCCCCCCCCCCC)C(=O)O. The van der Waals surface area contributed by atoms with E-state index < -0.39 is 5.97 Å². The van der Waals surface area contributed by atoms with Gasteiger partial charge in [0.2, 0.25) is 0 Å². The molecule has 0 heterocycles. The second-order valence-electron chi connectivity index (χ2n) is 13.3. The van der Waals surface area contributed by atoms with Crippen molar-refractivity contribution in [2.75, 3.05) is 0 Å². The first-order valence-corrected chi connectivity index (χ1v) is 19.1. The smallest absolute Gasteiger partial charge is 0.330 e. The van der Waals surface area contributed by atoms with Crippen molar-refractivity contribution in [1.29, 1.82) is 0 Å². The highest BCUT2D eigenvalue weighted by Gasteiger charge is 2.02. The van der Waals surface area contributed by atoms with E-state index in [0.717, 1.165) is 12.8 Å². The Labute approximate surface area is 259 Å². The van der Waals surface area contributed by atoms with Gasteiger partial charge in [-0.3, -0.25) is 0 Å². The van der Waals surface area contributed by atoms with Crippen LogP contribution in [-0.2, 0) is 4.79 Å². The van der Waals surface area contributed by atoms with Crippen LogP contribution in [0.3, 0.4) is 0 Å². The molecular formula is C39H76O2. The predicted molar refractivity (Wildman–Crippen MR) is 184 cm³/mol. The molecule has 0 spiro atoms. The first-order valence-electron chi connectivity index (χ1n) is 19.1. The van der Waals surface area contributed by atoms with Crippen LogP contribution in [0.2, 0.25) is 0 Å². The first kappa shape index (κ1) is 40.2. The predicted octanol–water partition coefficient (Wildman–Crippen LogP) is 14.3. The van der Waals surface area contributed by atoms with Crippen molar-refractivity contribution < 1.29 is 9.90 Å². The summed E-state index contributed by atoms with van der Waals surface area (Å²) in [4.78, 5) is 10.7. The summed E-state index contributed by atoms with van der Waals surface area (Å²) < 4.78 is 0. The summed E-state index contributed by atoms with van der Waals surface area (Å²) in [6, 6.07) is 0. The third-order valence-corrected chi connectivity index (χ3v) is 9.13. The minimum Gasteiger partial charge on any atom is -0.478 e. The molecule has 0 fully saturated rings. The number of rotatable bonds is 36. The molecule has 2 heteroatoms. The van der Waals surface area contributed by atoms with Gasteiger partial charge in [0.25, 0.3) is 0 Å². The fourth-order valence-corrected chi connectivity index (χ4v) is 6.18. The molecule has 0 unspecified atom stereocenters. The van der Waals surface area contributed by atoms with Gasteiger partial charge in [0.1, 0.15) is 0 Å². The minimum absolute atomic E-state index is 0.362. The molecule has 0 atom stereocenters. The Morgan fingerprint density at radius 1 is 0.366 bits per heavy atom. The van der Waals surface area contributed by atoms with Crippen molar-refractivity contribution in [3.05, 3.63) is 12.2 Å². The van der Waals surface area contributed by atoms with Gasteiger partial charge in [-0.05, 0) is 12.8 Å². The molecule has 0 bridgehead atoms. The Morgan fingerprint density at radius 3 is 0.707 bits per heavy atom. The van der Waals surface area contributed by atoms with Crippen molar-refractivity contribution in [2.45, 2.75) is 232 Å². The Morgan fingerprint density at radius 2 is 0.537 bits per heavy atom. The zero-order valence-electron chi connectivity index (χ0n) is 28.3. The van der Waals surface area contributed by atoms with Crippen molar-refractivity contribution in [1.82, 2.24) is 0 Å². The zero-order chi connectivity index (χ0) is 29.9. The summed E-state index contributed by atoms with van der Waals surface area (Å²) in [6.07, 6.45) is 48.9. The number of carboxylic acids is 1. The van der Waals surface area contributed by atoms with Crippen molar-refractivity contribution in [3.8, 4) is 0 Å². The van der Waals surface area contributed by atoms with Crippen LogP contribution in [0.15, 0.2) is 12.2 Å². The third kappa shape index (κ3) is 35.3. The highest BCUT2D eigenvalue weighted by molar-refractivity contribution is 5.85. The van der Waals surface area contributed by atoms with E-state index in [-0.39, 0.29) is 0 Å². The number of unbranched alkanes of at least 4 members (excludes halogenated alkanes) is 33. The molecule has 0 rings (SSSR count). The lowest BCUT2D eigenvalue weighted by Crippen LogP contribution is -1.98. The molecule has 0 aliphatic carbocycles. The Kier molecular flexibility index (Phi) is 34.7. The quantitative estimate of drug-likeness (QED) is 0.0595. The van der Waals surface area contributed by atoms with Gasteiger partial charge in [0, 0.05) is 5.57 Å². The van der Waals surface area contributed by atoms with Gasteiger partial charge in [-0.1, -0.05) is 225 Å². The molecule has 0 amide bonds. The maximum Gasteiger partial charge on any atom is 0.330 e. The zero-order valence-corrected chi connectivity index (χ0v) is 28.3. The van der Waals surface area contributed by atoms with Gasteiger partial charge in [-0.25, -0.2) is 4.79 Å². The van der Waals surface area contributed by atoms with E-state index in [2.05, 4.69) is 13.5 Å². The van der Waals surface area contributed by atoms with E-state index in [1.54, 1.807) is 0 Å². The van der Waals surface area contributed by atoms with Crippen molar-refractivity contribution >= 4 is 5.97 Å². The highest BCUT2D eigenvalue weighted by Crippen LogP contribution is 2.17. The molecule has 0 saturated carbocycles. The molecule has 244 valence electrons. The Bertz CT molecular complexity index is 526. The van der Waals surface area contributed by atoms with Crippen LogP contribution in [0, 0.1) is 0 Å². The third-order valence-electron chi connectivity index (χ3n) is 9.13. The molecular weight excluding hydrogens is 500 g/mol. The number of hydrogen-bond acceptors (Lipinski definition) is 1. The van der Waals surface area contributed by atoms with E-state index in [0.29, 0.717) is 12.0 Å². The fraction of sp³-hybridized carbons (Fsp3) is 0.923. The molecule has 0 aromatic rings. The molecule has 0 aromatic heterocycles. The number of carboxylic acid groups (broad SMARTS) is 1. The minimum atomic E-state index is -0.837. The van der Waals surface area contributed by atoms with Crippen LogP contribution in [0.5, 0.6) is 0 Å². The molecule has 2 nitrogen and oxygen atoms in total. The van der Waals surface area contributed by atoms with Crippen LogP contribution in [0.25, 0.3) is 0 Å². The van der Waals surface area contributed by atoms with Crippen molar-refractivity contribution in [3.63, 3.8) is 0 Å². The molecule has 0 saturated heterocycles. The summed E-state index contributed by atoms with van der Waals surface area (Å²) in [5.41, 5.74) is 0.362. The van der Waals surface area contributed by atoms with Gasteiger partial charge >= 0.3 is 5.97 Å². The topological polar surface area (TPSA) is 37.3 Å². The Balaban J connectivity index is 3.06. The maximum absolute atomic E-state index is 10.7. The van der Waals surface area contributed by atoms with Crippen LogP contribution in [-0.4, -0.2) is 11.1 Å². The largest absolute Gasteiger partial charge is 0.478 e. The average Bonchev–Trinajstić information content (AvgIpc) is 2.97. The van der Waals surface area contributed by atoms with Gasteiger partial charge in [0.15, 0.2) is 0 Å². The second-order valence-corrected chi connectivity index (χ2v) is 13.3. The van der Waals surface area contributed by atoms with E-state index >= 15 is 0 Å². The van der Waals surface area contributed by atoms with Gasteiger partial charge in [0.05, 0.1) is 0 Å². The van der Waals surface area contributed by atoms with E-state index in [1.807, 2.05) is 0 Å². The van der Waals surface area contributed by atoms with Crippen LogP contribution in [0.1, 0.15) is 232 Å². The van der Waals surface area contributed by atoms with Gasteiger partial charge < -0.3 is 5.11 Å². The molecule has 0 aliphatic heterocycles. The average molecular weight is 577 g/mol. The monoisotopic (exact) mass is 577 g/mol. The molecule has 0 aliphatic rings. The van der Waals surface area contributed by atoms with Crippen LogP contribution in [0.4, 0.5) is 0 Å². The molecule has 0 radical (unpaired) electrons. The maximum atomic E-state index is 10.7. The Hall–Kier alpha value is -0.790. The summed E-state index contributed by atoms with van der Waals surface area (Å²) in [5.74, 6) is -0.837. The summed E-state index contributed by atoms with van der Waals surface area (Å²) in [6.45, 7) is 5.90. The van der Waals surface area contributed by atoms with E-state index in [1.165, 1.54) is 205 Å². The van der Waals surface area contributed by atoms with Gasteiger partial charge in [-0.2, -0.15) is 0 Å². The molecule has 0 aromatic carbocycles. The lowest BCUT2D eigenvalue weighted by Gasteiger charge is -2.05. The summed E-state index contributed by atoms with van der Waals surface area (Å²) in [7, 11) is 0. The number of carbonyl (C=O) groups is 1. The van der Waals surface area contributed by atoms with Gasteiger partial charge in [-0.15, -0.1) is 0 Å². The summed E-state index contributed by atoms with van der Waals surface area (Å²) in [5, 5.41) is 8.80. The fourth-order valence-electron chi connectivity index (χ4n) is 6.18. The number of aliphatic carboxylic acids is 1. The van der Waals surface area contributed by atoms with Crippen LogP contribution < -0.4 is 0 Å². The lowest BCUT2D eigenvalue weighted by atomic mass is 10.0. The number of hydrogen-bond donors (Lipinski definition) is 1. The van der Waals surface area contributed by atoms with Crippen molar-refractivity contribution in [2.24, 2.45) is 0 Å². The van der Waals surface area contributed by atoms with E-state index in [4.69, 9.17) is 5.11 Å². The summed E-state index contributed by atoms with van der Waals surface area (Å²) >= 11 is 0. The van der Waals surface area contributed by atoms with E-state index in [9.17, 15) is 4.79 Å². The lowest BCUT2D eigenvalue weighted by molar-refractivity contribution is -0.132. The highest BCUT2D eigenvalue weighted by atomic mass is 16.4.